The number of nitrogens with zero attached hydrogens (tertiary/aromatic N) is 2. The number of thiophene rings is 1. The number of nitrogens with one attached hydrogen (secondary N) is 1. The third kappa shape index (κ3) is 4.85. The van der Waals surface area contributed by atoms with E-state index in [1.807, 2.05) is 37.4 Å². The Balaban J connectivity index is 1.51. The summed E-state index contributed by atoms with van der Waals surface area (Å²) in [6.07, 6.45) is 2.03. The quantitative estimate of drug-likeness (QED) is 0.783. The Morgan fingerprint density at radius 1 is 1.24 bits per heavy atom. The molecule has 0 unspecified atom stereocenters. The van der Waals surface area contributed by atoms with Crippen LogP contribution in [0.25, 0.3) is 0 Å². The molecule has 25 heavy (non-hydrogen) atoms. The molecule has 6 heteroatoms. The van der Waals surface area contributed by atoms with Gasteiger partial charge in [0, 0.05) is 37.6 Å². The summed E-state index contributed by atoms with van der Waals surface area (Å²) < 4.78 is 0. The zero-order valence-corrected chi connectivity index (χ0v) is 16.4. The van der Waals surface area contributed by atoms with Crippen LogP contribution in [0.5, 0.6) is 0 Å². The molecule has 1 N–H and O–H groups in total. The molecule has 134 valence electrons. The molecule has 1 saturated heterocycles. The maximum absolute atomic E-state index is 12.6. The largest absolute Gasteiger partial charge is 0.324 e. The van der Waals surface area contributed by atoms with Crippen LogP contribution in [0.3, 0.4) is 0 Å². The van der Waals surface area contributed by atoms with Gasteiger partial charge in [0.05, 0.1) is 11.7 Å². The van der Waals surface area contributed by atoms with Crippen LogP contribution >= 0.6 is 23.1 Å². The molecule has 0 spiro atoms. The maximum atomic E-state index is 12.6. The fourth-order valence-corrected chi connectivity index (χ4v) is 4.31. The molecular formula is C19H25N3OS2. The predicted octanol–water partition coefficient (Wildman–Crippen LogP) is 3.61. The Hall–Kier alpha value is -1.34. The first-order valence-corrected chi connectivity index (χ1v) is 10.8. The van der Waals surface area contributed by atoms with Crippen LogP contribution in [0.1, 0.15) is 12.5 Å². The molecule has 0 aliphatic carbocycles. The molecule has 3 rings (SSSR count). The Morgan fingerprint density at radius 3 is 2.68 bits per heavy atom. The number of hydrogen-bond donors (Lipinski definition) is 1. The monoisotopic (exact) mass is 375 g/mol. The van der Waals surface area contributed by atoms with Gasteiger partial charge in [-0.25, -0.2) is 0 Å². The number of hydrogen-bond acceptors (Lipinski definition) is 5. The molecule has 1 atom stereocenters. The lowest BCUT2D eigenvalue weighted by molar-refractivity contribution is -0.121. The SMILES string of the molecule is CSc1ccccc1NC(=O)[C@H](C)N1CCN(Cc2ccsc2)CC1. The normalized spacial score (nSPS) is 17.4. The Labute approximate surface area is 158 Å². The van der Waals surface area contributed by atoms with E-state index >= 15 is 0 Å². The third-order valence-corrected chi connectivity index (χ3v) is 6.21. The predicted molar refractivity (Wildman–Crippen MR) is 107 cm³/mol. The smallest absolute Gasteiger partial charge is 0.241 e. The van der Waals surface area contributed by atoms with Gasteiger partial charge in [-0.05, 0) is 47.7 Å². The van der Waals surface area contributed by atoms with Crippen molar-refractivity contribution in [2.24, 2.45) is 0 Å². The number of rotatable bonds is 6. The fourth-order valence-electron chi connectivity index (χ4n) is 3.10. The van der Waals surface area contributed by atoms with Crippen LogP contribution in [-0.2, 0) is 11.3 Å². The van der Waals surface area contributed by atoms with E-state index < -0.39 is 0 Å². The van der Waals surface area contributed by atoms with Crippen molar-refractivity contribution in [1.29, 1.82) is 0 Å². The molecule has 1 aromatic carbocycles. The van der Waals surface area contributed by atoms with Crippen molar-refractivity contribution in [3.63, 3.8) is 0 Å². The Morgan fingerprint density at radius 2 is 2.00 bits per heavy atom. The van der Waals surface area contributed by atoms with E-state index in [9.17, 15) is 4.79 Å². The number of carbonyl (C=O) groups is 1. The van der Waals surface area contributed by atoms with Gasteiger partial charge < -0.3 is 5.32 Å². The molecule has 2 heterocycles. The summed E-state index contributed by atoms with van der Waals surface area (Å²) in [6, 6.07) is 10.0. The maximum Gasteiger partial charge on any atom is 0.241 e. The van der Waals surface area contributed by atoms with E-state index in [2.05, 4.69) is 31.9 Å². The lowest BCUT2D eigenvalue weighted by Gasteiger charge is -2.37. The van der Waals surface area contributed by atoms with Gasteiger partial charge >= 0.3 is 0 Å². The minimum absolute atomic E-state index is 0.0767. The average molecular weight is 376 g/mol. The molecule has 2 aromatic rings. The minimum Gasteiger partial charge on any atom is -0.324 e. The van der Waals surface area contributed by atoms with Gasteiger partial charge in [0.25, 0.3) is 0 Å². The third-order valence-electron chi connectivity index (χ3n) is 4.69. The highest BCUT2D eigenvalue weighted by Crippen LogP contribution is 2.25. The van der Waals surface area contributed by atoms with Crippen LogP contribution in [0.4, 0.5) is 5.69 Å². The number of thioether (sulfide) groups is 1. The number of para-hydroxylation sites is 1. The lowest BCUT2D eigenvalue weighted by Crippen LogP contribution is -2.52. The van der Waals surface area contributed by atoms with Gasteiger partial charge in [-0.1, -0.05) is 12.1 Å². The van der Waals surface area contributed by atoms with Gasteiger partial charge in [0.1, 0.15) is 0 Å². The highest BCUT2D eigenvalue weighted by atomic mass is 32.2. The van der Waals surface area contributed by atoms with E-state index in [-0.39, 0.29) is 11.9 Å². The molecule has 1 aliphatic heterocycles. The van der Waals surface area contributed by atoms with Crippen molar-refractivity contribution in [3.05, 3.63) is 46.7 Å². The van der Waals surface area contributed by atoms with E-state index in [1.54, 1.807) is 23.1 Å². The number of amides is 1. The van der Waals surface area contributed by atoms with Crippen molar-refractivity contribution in [2.75, 3.05) is 37.8 Å². The highest BCUT2D eigenvalue weighted by Gasteiger charge is 2.26. The summed E-state index contributed by atoms with van der Waals surface area (Å²) >= 11 is 3.40. The summed E-state index contributed by atoms with van der Waals surface area (Å²) in [5.74, 6) is 0.0767. The van der Waals surface area contributed by atoms with E-state index in [4.69, 9.17) is 0 Å². The van der Waals surface area contributed by atoms with Crippen molar-refractivity contribution >= 4 is 34.7 Å². The van der Waals surface area contributed by atoms with Crippen molar-refractivity contribution in [1.82, 2.24) is 9.80 Å². The first-order valence-electron chi connectivity index (χ1n) is 8.58. The second-order valence-electron chi connectivity index (χ2n) is 6.31. The van der Waals surface area contributed by atoms with Crippen LogP contribution in [0.15, 0.2) is 46.0 Å². The second-order valence-corrected chi connectivity index (χ2v) is 7.94. The first-order chi connectivity index (χ1) is 12.2. The van der Waals surface area contributed by atoms with E-state index in [0.717, 1.165) is 43.3 Å². The zero-order valence-electron chi connectivity index (χ0n) is 14.8. The number of benzene rings is 1. The molecule has 1 aromatic heterocycles. The number of anilines is 1. The summed E-state index contributed by atoms with van der Waals surface area (Å²) in [6.45, 7) is 6.90. The molecule has 0 saturated carbocycles. The lowest BCUT2D eigenvalue weighted by atomic mass is 10.2. The van der Waals surface area contributed by atoms with Crippen LogP contribution < -0.4 is 5.32 Å². The van der Waals surface area contributed by atoms with Crippen LogP contribution in [0.2, 0.25) is 0 Å². The molecule has 1 fully saturated rings. The molecule has 1 aliphatic rings. The minimum atomic E-state index is -0.113. The number of carbonyl (C=O) groups excluding carboxylic acids is 1. The molecule has 0 radical (unpaired) electrons. The fraction of sp³-hybridized carbons (Fsp3) is 0.421. The van der Waals surface area contributed by atoms with E-state index in [1.165, 1.54) is 5.56 Å². The molecule has 1 amide bonds. The topological polar surface area (TPSA) is 35.6 Å². The summed E-state index contributed by atoms with van der Waals surface area (Å²) in [4.78, 5) is 18.5. The van der Waals surface area contributed by atoms with Crippen LogP contribution in [-0.4, -0.2) is 54.2 Å². The second kappa shape index (κ2) is 8.85. The summed E-state index contributed by atoms with van der Waals surface area (Å²) in [7, 11) is 0. The highest BCUT2D eigenvalue weighted by molar-refractivity contribution is 7.98. The van der Waals surface area contributed by atoms with Gasteiger partial charge in [0.15, 0.2) is 0 Å². The van der Waals surface area contributed by atoms with Crippen LogP contribution in [0, 0.1) is 0 Å². The molecule has 0 bridgehead atoms. The summed E-state index contributed by atoms with van der Waals surface area (Å²) in [5, 5.41) is 7.44. The van der Waals surface area contributed by atoms with Gasteiger partial charge in [0.2, 0.25) is 5.91 Å². The zero-order chi connectivity index (χ0) is 17.6. The average Bonchev–Trinajstić information content (AvgIpc) is 3.15. The standard InChI is InChI=1S/C19H25N3OS2/c1-15(19(23)20-17-5-3-4-6-18(17)24-2)22-10-8-21(9-11-22)13-16-7-12-25-14-16/h3-7,12,14-15H,8-11,13H2,1-2H3,(H,20,23)/t15-/m0/s1. The summed E-state index contributed by atoms with van der Waals surface area (Å²) in [5.41, 5.74) is 2.29. The van der Waals surface area contributed by atoms with Crippen molar-refractivity contribution in [2.45, 2.75) is 24.4 Å². The Kier molecular flexibility index (Phi) is 6.53. The molecule has 4 nitrogen and oxygen atoms in total. The molecular weight excluding hydrogens is 350 g/mol. The van der Waals surface area contributed by atoms with Crippen molar-refractivity contribution in [3.8, 4) is 0 Å². The van der Waals surface area contributed by atoms with Crippen molar-refractivity contribution < 1.29 is 4.79 Å². The Bertz CT molecular complexity index is 682. The van der Waals surface area contributed by atoms with Gasteiger partial charge in [-0.2, -0.15) is 11.3 Å². The first kappa shape index (κ1) is 18.5. The van der Waals surface area contributed by atoms with Gasteiger partial charge in [-0.15, -0.1) is 11.8 Å². The number of piperazine rings is 1. The van der Waals surface area contributed by atoms with Gasteiger partial charge in [-0.3, -0.25) is 14.6 Å². The van der Waals surface area contributed by atoms with E-state index in [0.29, 0.717) is 0 Å².